The van der Waals surface area contributed by atoms with Crippen molar-refractivity contribution in [1.82, 2.24) is 4.90 Å². The molecule has 1 aromatic rings. The zero-order valence-corrected chi connectivity index (χ0v) is 13.1. The first kappa shape index (κ1) is 16.3. The minimum Gasteiger partial charge on any atom is -0.395 e. The van der Waals surface area contributed by atoms with Crippen LogP contribution in [0.2, 0.25) is 0 Å². The van der Waals surface area contributed by atoms with Gasteiger partial charge in [-0.05, 0) is 24.1 Å². The molecule has 1 amide bonds. The summed E-state index contributed by atoms with van der Waals surface area (Å²) in [6.07, 6.45) is 0.420. The third kappa shape index (κ3) is 3.96. The van der Waals surface area contributed by atoms with Crippen LogP contribution in [0.4, 0.5) is 0 Å². The Hall–Kier alpha value is -1.11. The highest BCUT2D eigenvalue weighted by molar-refractivity contribution is 7.91. The van der Waals surface area contributed by atoms with E-state index < -0.39 is 9.84 Å². The van der Waals surface area contributed by atoms with Crippen LogP contribution in [0.3, 0.4) is 0 Å². The van der Waals surface area contributed by atoms with E-state index >= 15 is 0 Å². The van der Waals surface area contributed by atoms with Crippen LogP contribution in [-0.2, 0) is 15.7 Å². The number of halogens is 1. The molecule has 1 aromatic carbocycles. The molecule has 1 N–H and O–H groups in total. The molecule has 0 aliphatic carbocycles. The number of benzene rings is 1. The van der Waals surface area contributed by atoms with Crippen LogP contribution < -0.4 is 0 Å². The van der Waals surface area contributed by atoms with Gasteiger partial charge in [-0.1, -0.05) is 12.1 Å². The Morgan fingerprint density at radius 2 is 2.19 bits per heavy atom. The molecule has 0 saturated carbocycles. The van der Waals surface area contributed by atoms with Crippen LogP contribution in [0.25, 0.3) is 0 Å². The summed E-state index contributed by atoms with van der Waals surface area (Å²) < 4.78 is 23.2. The zero-order valence-electron chi connectivity index (χ0n) is 11.5. The molecule has 1 heterocycles. The van der Waals surface area contributed by atoms with Crippen LogP contribution in [0.1, 0.15) is 22.3 Å². The number of aliphatic hydroxyl groups is 1. The summed E-state index contributed by atoms with van der Waals surface area (Å²) in [4.78, 5) is 14.0. The lowest BCUT2D eigenvalue weighted by molar-refractivity contribution is 0.0655. The van der Waals surface area contributed by atoms with Crippen molar-refractivity contribution >= 4 is 27.3 Å². The van der Waals surface area contributed by atoms with Gasteiger partial charge in [-0.3, -0.25) is 4.79 Å². The molecule has 1 atom stereocenters. The van der Waals surface area contributed by atoms with Crippen molar-refractivity contribution in [2.45, 2.75) is 18.3 Å². The molecule has 0 spiro atoms. The summed E-state index contributed by atoms with van der Waals surface area (Å²) in [5.41, 5.74) is 1.29. The summed E-state index contributed by atoms with van der Waals surface area (Å²) in [6, 6.07) is 6.57. The molecule has 1 saturated heterocycles. The summed E-state index contributed by atoms with van der Waals surface area (Å²) in [5.74, 6) is 0.0969. The van der Waals surface area contributed by atoms with Gasteiger partial charge < -0.3 is 10.0 Å². The Morgan fingerprint density at radius 3 is 2.76 bits per heavy atom. The molecular weight excluding hydrogens is 314 g/mol. The average molecular weight is 332 g/mol. The number of hydrogen-bond donors (Lipinski definition) is 1. The lowest BCUT2D eigenvalue weighted by Crippen LogP contribution is -2.42. The van der Waals surface area contributed by atoms with Crippen molar-refractivity contribution in [3.63, 3.8) is 0 Å². The molecule has 1 aliphatic heterocycles. The normalized spacial score (nSPS) is 20.4. The second kappa shape index (κ2) is 6.77. The van der Waals surface area contributed by atoms with Gasteiger partial charge in [-0.25, -0.2) is 8.42 Å². The SMILES string of the molecule is O=C(c1cccc(CCl)c1)N(CCO)C1CCS(=O)(=O)C1. The van der Waals surface area contributed by atoms with Crippen molar-refractivity contribution < 1.29 is 18.3 Å². The van der Waals surface area contributed by atoms with Crippen molar-refractivity contribution in [1.29, 1.82) is 0 Å². The van der Waals surface area contributed by atoms with Gasteiger partial charge in [0.15, 0.2) is 9.84 Å². The molecule has 0 bridgehead atoms. The molecule has 2 rings (SSSR count). The molecule has 0 radical (unpaired) electrons. The van der Waals surface area contributed by atoms with Crippen molar-refractivity contribution in [3.8, 4) is 0 Å². The largest absolute Gasteiger partial charge is 0.395 e. The predicted octanol–water partition coefficient (Wildman–Crippen LogP) is 1.05. The van der Waals surface area contributed by atoms with Crippen molar-refractivity contribution in [3.05, 3.63) is 35.4 Å². The highest BCUT2D eigenvalue weighted by Gasteiger charge is 2.34. The number of carbonyl (C=O) groups excluding carboxylic acids is 1. The predicted molar refractivity (Wildman–Crippen MR) is 81.2 cm³/mol. The number of carbonyl (C=O) groups is 1. The second-order valence-corrected chi connectivity index (χ2v) is 7.61. The summed E-state index contributed by atoms with van der Waals surface area (Å²) in [7, 11) is -3.08. The first-order valence-corrected chi connectivity index (χ1v) is 9.09. The minimum atomic E-state index is -3.08. The van der Waals surface area contributed by atoms with Crippen LogP contribution in [0, 0.1) is 0 Å². The lowest BCUT2D eigenvalue weighted by atomic mass is 10.1. The second-order valence-electron chi connectivity index (χ2n) is 5.11. The number of nitrogens with zero attached hydrogens (tertiary/aromatic N) is 1. The first-order chi connectivity index (χ1) is 9.96. The third-order valence-electron chi connectivity index (χ3n) is 3.58. The summed E-state index contributed by atoms with van der Waals surface area (Å²) in [6.45, 7) is -0.0679. The molecule has 116 valence electrons. The maximum atomic E-state index is 12.6. The monoisotopic (exact) mass is 331 g/mol. The van der Waals surface area contributed by atoms with E-state index in [1.807, 2.05) is 6.07 Å². The van der Waals surface area contributed by atoms with Gasteiger partial charge in [0.2, 0.25) is 0 Å². The molecule has 1 fully saturated rings. The molecule has 0 aromatic heterocycles. The summed E-state index contributed by atoms with van der Waals surface area (Å²) in [5, 5.41) is 9.16. The highest BCUT2D eigenvalue weighted by atomic mass is 35.5. The number of amides is 1. The van der Waals surface area contributed by atoms with Crippen molar-refractivity contribution in [2.75, 3.05) is 24.7 Å². The van der Waals surface area contributed by atoms with Gasteiger partial charge in [0.25, 0.3) is 5.91 Å². The van der Waals surface area contributed by atoms with E-state index in [0.717, 1.165) is 5.56 Å². The van der Waals surface area contributed by atoms with E-state index in [9.17, 15) is 13.2 Å². The fraction of sp³-hybridized carbons (Fsp3) is 0.500. The molecule has 1 unspecified atom stereocenters. The maximum absolute atomic E-state index is 12.6. The van der Waals surface area contributed by atoms with E-state index in [-0.39, 0.29) is 36.6 Å². The van der Waals surface area contributed by atoms with Gasteiger partial charge in [0.1, 0.15) is 0 Å². The maximum Gasteiger partial charge on any atom is 0.254 e. The van der Waals surface area contributed by atoms with Crippen molar-refractivity contribution in [2.24, 2.45) is 0 Å². The minimum absolute atomic E-state index is 0.0338. The van der Waals surface area contributed by atoms with E-state index in [1.54, 1.807) is 18.2 Å². The fourth-order valence-corrected chi connectivity index (χ4v) is 4.43. The Kier molecular flexibility index (Phi) is 5.24. The van der Waals surface area contributed by atoms with Crippen LogP contribution >= 0.6 is 11.6 Å². The van der Waals surface area contributed by atoms with Gasteiger partial charge in [0, 0.05) is 24.0 Å². The van der Waals surface area contributed by atoms with Gasteiger partial charge in [-0.2, -0.15) is 0 Å². The molecule has 5 nitrogen and oxygen atoms in total. The van der Waals surface area contributed by atoms with E-state index in [1.165, 1.54) is 4.90 Å². The number of hydrogen-bond acceptors (Lipinski definition) is 4. The number of sulfone groups is 1. The Balaban J connectivity index is 2.23. The lowest BCUT2D eigenvalue weighted by Gasteiger charge is -2.27. The number of alkyl halides is 1. The standard InChI is InChI=1S/C14H18ClNO4S/c15-9-11-2-1-3-12(8-11)14(18)16(5-6-17)13-4-7-21(19,20)10-13/h1-3,8,13,17H,4-7,9-10H2. The first-order valence-electron chi connectivity index (χ1n) is 6.74. The van der Waals surface area contributed by atoms with E-state index in [2.05, 4.69) is 0 Å². The fourth-order valence-electron chi connectivity index (χ4n) is 2.53. The molecular formula is C14H18ClNO4S. The van der Waals surface area contributed by atoms with Gasteiger partial charge in [-0.15, -0.1) is 11.6 Å². The van der Waals surface area contributed by atoms with Gasteiger partial charge in [0.05, 0.1) is 18.1 Å². The molecule has 1 aliphatic rings. The molecule has 7 heteroatoms. The molecule has 21 heavy (non-hydrogen) atoms. The highest BCUT2D eigenvalue weighted by Crippen LogP contribution is 2.20. The Labute approximate surface area is 129 Å². The van der Waals surface area contributed by atoms with Gasteiger partial charge >= 0.3 is 0 Å². The summed E-state index contributed by atoms with van der Waals surface area (Å²) >= 11 is 5.76. The average Bonchev–Trinajstić information content (AvgIpc) is 2.84. The van der Waals surface area contributed by atoms with Crippen LogP contribution in [0.15, 0.2) is 24.3 Å². The smallest absolute Gasteiger partial charge is 0.254 e. The Morgan fingerprint density at radius 1 is 1.43 bits per heavy atom. The quantitative estimate of drug-likeness (QED) is 0.818. The zero-order chi connectivity index (χ0) is 15.5. The number of aliphatic hydroxyl groups excluding tert-OH is 1. The van der Waals surface area contributed by atoms with E-state index in [4.69, 9.17) is 16.7 Å². The number of rotatable bonds is 5. The Bertz CT molecular complexity index is 617. The topological polar surface area (TPSA) is 74.7 Å². The van der Waals surface area contributed by atoms with E-state index in [0.29, 0.717) is 17.9 Å². The van der Waals surface area contributed by atoms with Crippen LogP contribution in [-0.4, -0.2) is 55.0 Å². The van der Waals surface area contributed by atoms with Crippen LogP contribution in [0.5, 0.6) is 0 Å². The third-order valence-corrected chi connectivity index (χ3v) is 5.64.